The molecule has 1 aromatic rings. The number of fused-ring (bicyclic) bond motifs is 1. The average molecular weight is 316 g/mol. The zero-order valence-corrected chi connectivity index (χ0v) is 12.4. The Morgan fingerprint density at radius 3 is 2.59 bits per heavy atom. The molecule has 1 aliphatic carbocycles. The van der Waals surface area contributed by atoms with E-state index >= 15 is 0 Å². The van der Waals surface area contributed by atoms with Crippen molar-refractivity contribution in [3.63, 3.8) is 0 Å². The summed E-state index contributed by atoms with van der Waals surface area (Å²) in [6.45, 7) is 2.10. The van der Waals surface area contributed by atoms with Crippen LogP contribution in [0, 0.1) is 5.41 Å². The maximum absolute atomic E-state index is 13.4. The molecule has 122 valence electrons. The minimum absolute atomic E-state index is 0.0531. The normalized spacial score (nSPS) is 36.5. The molecule has 22 heavy (non-hydrogen) atoms. The van der Waals surface area contributed by atoms with Crippen LogP contribution in [0.25, 0.3) is 0 Å². The van der Waals surface area contributed by atoms with E-state index in [0.29, 0.717) is 5.89 Å². The van der Waals surface area contributed by atoms with E-state index in [9.17, 15) is 13.2 Å². The highest BCUT2D eigenvalue weighted by molar-refractivity contribution is 5.35. The van der Waals surface area contributed by atoms with Crippen LogP contribution in [0.3, 0.4) is 0 Å². The number of piperidine rings is 2. The van der Waals surface area contributed by atoms with E-state index in [4.69, 9.17) is 4.42 Å². The molecule has 3 aliphatic rings. The molecule has 1 aromatic heterocycles. The predicted octanol–water partition coefficient (Wildman–Crippen LogP) is 1.67. The van der Waals surface area contributed by atoms with Crippen LogP contribution in [-0.2, 0) is 5.41 Å². The predicted molar refractivity (Wildman–Crippen MR) is 71.4 cm³/mol. The highest BCUT2D eigenvalue weighted by Gasteiger charge is 2.84. The van der Waals surface area contributed by atoms with E-state index in [2.05, 4.69) is 27.5 Å². The molecule has 1 saturated carbocycles. The van der Waals surface area contributed by atoms with Gasteiger partial charge in [0, 0.05) is 19.0 Å². The van der Waals surface area contributed by atoms with Crippen molar-refractivity contribution in [2.24, 2.45) is 5.41 Å². The molecule has 2 saturated heterocycles. The van der Waals surface area contributed by atoms with Gasteiger partial charge in [-0.3, -0.25) is 0 Å². The molecule has 1 N–H and O–H groups in total. The molecular weight excluding hydrogens is 297 g/mol. The fourth-order valence-electron chi connectivity index (χ4n) is 4.10. The number of hydrogen-bond acceptors (Lipinski definition) is 5. The van der Waals surface area contributed by atoms with Crippen molar-refractivity contribution in [1.29, 1.82) is 0 Å². The average Bonchev–Trinajstić information content (AvgIpc) is 2.83. The van der Waals surface area contributed by atoms with E-state index in [1.54, 1.807) is 0 Å². The number of alkyl halides is 3. The highest BCUT2D eigenvalue weighted by Crippen LogP contribution is 2.72. The number of nitrogens with zero attached hydrogens (tertiary/aromatic N) is 3. The molecule has 2 aliphatic heterocycles. The Balaban J connectivity index is 1.58. The first-order chi connectivity index (χ1) is 10.4. The molecule has 0 bridgehead atoms. The van der Waals surface area contributed by atoms with Crippen molar-refractivity contribution < 1.29 is 17.6 Å². The first-order valence-electron chi connectivity index (χ1n) is 7.68. The molecule has 0 radical (unpaired) electrons. The Morgan fingerprint density at radius 1 is 1.23 bits per heavy atom. The fraction of sp³-hybridized carbons (Fsp3) is 0.857. The molecule has 5 nitrogen and oxygen atoms in total. The van der Waals surface area contributed by atoms with Gasteiger partial charge in [0.2, 0.25) is 11.8 Å². The van der Waals surface area contributed by atoms with Crippen molar-refractivity contribution >= 4 is 0 Å². The lowest BCUT2D eigenvalue weighted by atomic mass is 9.95. The van der Waals surface area contributed by atoms with E-state index in [0.717, 1.165) is 25.9 Å². The van der Waals surface area contributed by atoms with Crippen molar-refractivity contribution in [2.75, 3.05) is 33.2 Å². The largest absolute Gasteiger partial charge is 0.424 e. The minimum atomic E-state index is -4.24. The smallest absolute Gasteiger partial charge is 0.396 e. The number of hydrogen-bond donors (Lipinski definition) is 1. The second kappa shape index (κ2) is 4.44. The van der Waals surface area contributed by atoms with Crippen LogP contribution in [0.5, 0.6) is 0 Å². The van der Waals surface area contributed by atoms with Gasteiger partial charge in [-0.05, 0) is 39.4 Å². The van der Waals surface area contributed by atoms with Crippen LogP contribution in [-0.4, -0.2) is 54.5 Å². The molecule has 0 spiro atoms. The summed E-state index contributed by atoms with van der Waals surface area (Å²) in [7, 11) is 2.06. The lowest BCUT2D eigenvalue weighted by Gasteiger charge is -2.26. The van der Waals surface area contributed by atoms with Gasteiger partial charge in [0.25, 0.3) is 0 Å². The molecule has 2 atom stereocenters. The van der Waals surface area contributed by atoms with E-state index in [1.165, 1.54) is 0 Å². The van der Waals surface area contributed by atoms with Gasteiger partial charge in [0.05, 0.1) is 10.8 Å². The summed E-state index contributed by atoms with van der Waals surface area (Å²) in [6.07, 6.45) is -2.36. The first-order valence-corrected chi connectivity index (χ1v) is 7.68. The number of likely N-dealkylation sites (tertiary alicyclic amines) is 1. The zero-order valence-electron chi connectivity index (χ0n) is 12.4. The Hall–Kier alpha value is -1.15. The first kappa shape index (κ1) is 14.4. The van der Waals surface area contributed by atoms with E-state index < -0.39 is 17.0 Å². The van der Waals surface area contributed by atoms with Gasteiger partial charge in [0.1, 0.15) is 0 Å². The Labute approximate surface area is 126 Å². The summed E-state index contributed by atoms with van der Waals surface area (Å²) >= 11 is 0. The van der Waals surface area contributed by atoms with Crippen molar-refractivity contribution in [2.45, 2.75) is 36.8 Å². The Bertz CT molecular complexity index is 581. The molecule has 0 unspecified atom stereocenters. The van der Waals surface area contributed by atoms with Crippen molar-refractivity contribution in [3.8, 4) is 0 Å². The topological polar surface area (TPSA) is 54.2 Å². The molecule has 8 heteroatoms. The standard InChI is InChI=1S/C14H19F3N4O/c1-21-4-2-9(3-5-21)10-19-20-11(22-10)12-6-13(12,8-18-7-12)14(15,16)17/h9,18H,2-8H2,1H3/t12-,13-/m0/s1. The highest BCUT2D eigenvalue weighted by atomic mass is 19.4. The third-order valence-corrected chi connectivity index (χ3v) is 5.71. The second-order valence-electron chi connectivity index (χ2n) is 6.97. The Morgan fingerprint density at radius 2 is 1.95 bits per heavy atom. The minimum Gasteiger partial charge on any atom is -0.424 e. The monoisotopic (exact) mass is 316 g/mol. The Kier molecular flexibility index (Phi) is 2.92. The van der Waals surface area contributed by atoms with Gasteiger partial charge in [0.15, 0.2) is 0 Å². The number of aromatic nitrogens is 2. The van der Waals surface area contributed by atoms with Crippen LogP contribution in [0.4, 0.5) is 13.2 Å². The third kappa shape index (κ3) is 1.79. The summed E-state index contributed by atoms with van der Waals surface area (Å²) in [5.41, 5.74) is -2.75. The van der Waals surface area contributed by atoms with Crippen LogP contribution in [0.2, 0.25) is 0 Å². The summed E-state index contributed by atoms with van der Waals surface area (Å²) < 4.78 is 45.9. The third-order valence-electron chi connectivity index (χ3n) is 5.71. The van der Waals surface area contributed by atoms with Crippen molar-refractivity contribution in [3.05, 3.63) is 11.8 Å². The van der Waals surface area contributed by atoms with Gasteiger partial charge in [-0.15, -0.1) is 10.2 Å². The maximum atomic E-state index is 13.4. The number of rotatable bonds is 2. The summed E-state index contributed by atoms with van der Waals surface area (Å²) in [5, 5.41) is 10.9. The van der Waals surface area contributed by atoms with Crippen LogP contribution in [0.15, 0.2) is 4.42 Å². The lowest BCUT2D eigenvalue weighted by Crippen LogP contribution is -2.33. The van der Waals surface area contributed by atoms with Gasteiger partial charge in [-0.2, -0.15) is 13.2 Å². The molecule has 0 aromatic carbocycles. The molecule has 3 heterocycles. The van der Waals surface area contributed by atoms with Crippen molar-refractivity contribution in [1.82, 2.24) is 20.4 Å². The summed E-state index contributed by atoms with van der Waals surface area (Å²) in [6, 6.07) is 0. The van der Waals surface area contributed by atoms with E-state index in [-0.39, 0.29) is 31.3 Å². The van der Waals surface area contributed by atoms with Gasteiger partial charge < -0.3 is 14.6 Å². The fourth-order valence-corrected chi connectivity index (χ4v) is 4.10. The molecular formula is C14H19F3N4O. The van der Waals surface area contributed by atoms with Gasteiger partial charge in [-0.25, -0.2) is 0 Å². The lowest BCUT2D eigenvalue weighted by molar-refractivity contribution is -0.187. The zero-order chi connectivity index (χ0) is 15.6. The second-order valence-corrected chi connectivity index (χ2v) is 6.97. The maximum Gasteiger partial charge on any atom is 0.396 e. The number of halogens is 3. The summed E-state index contributed by atoms with van der Waals surface area (Å²) in [4.78, 5) is 2.23. The van der Waals surface area contributed by atoms with E-state index in [1.807, 2.05) is 0 Å². The molecule has 3 fully saturated rings. The SMILES string of the molecule is CN1CCC(c2nnc([C@]34CNC[C@@]3(C(F)(F)F)C4)o2)CC1. The molecule has 0 amide bonds. The van der Waals surface area contributed by atoms with Crippen LogP contribution in [0.1, 0.15) is 37.0 Å². The van der Waals surface area contributed by atoms with Crippen LogP contribution >= 0.6 is 0 Å². The summed E-state index contributed by atoms with van der Waals surface area (Å²) in [5.74, 6) is 0.846. The van der Waals surface area contributed by atoms with Crippen LogP contribution < -0.4 is 5.32 Å². The van der Waals surface area contributed by atoms with Gasteiger partial charge in [-0.1, -0.05) is 0 Å². The van der Waals surface area contributed by atoms with Gasteiger partial charge >= 0.3 is 6.18 Å². The molecule has 4 rings (SSSR count). The quantitative estimate of drug-likeness (QED) is 0.899. The number of nitrogens with one attached hydrogen (secondary N) is 1.